The van der Waals surface area contributed by atoms with E-state index >= 15 is 0 Å². The Hall–Kier alpha value is -1.37. The minimum Gasteiger partial charge on any atom is -0.294 e. The molecule has 0 radical (unpaired) electrons. The molecule has 0 bridgehead atoms. The van der Waals surface area contributed by atoms with Crippen LogP contribution in [-0.4, -0.2) is 5.78 Å². The smallest absolute Gasteiger partial charge is 0.162 e. The number of ketones is 1. The predicted molar refractivity (Wildman–Crippen MR) is 48.9 cm³/mol. The van der Waals surface area contributed by atoms with E-state index in [1.165, 1.54) is 5.22 Å². The van der Waals surface area contributed by atoms with Crippen molar-refractivity contribution in [2.24, 2.45) is 0 Å². The molecule has 2 rings (SSSR count). The standard InChI is InChI=1S/C11H10O/c1-8-10-5-3-2-4-9(10)6-7-11(8)12/h2-6H,7H2,1H3. The van der Waals surface area contributed by atoms with Crippen LogP contribution in [0.1, 0.15) is 13.3 Å². The first-order valence-corrected chi connectivity index (χ1v) is 4.08. The summed E-state index contributed by atoms with van der Waals surface area (Å²) >= 11 is 0. The SMILES string of the molecule is CC1=c2ccccc2=CCC1=O. The Morgan fingerprint density at radius 2 is 2.00 bits per heavy atom. The van der Waals surface area contributed by atoms with E-state index in [2.05, 4.69) is 0 Å². The normalized spacial score (nSPS) is 15.4. The summed E-state index contributed by atoms with van der Waals surface area (Å²) in [4.78, 5) is 11.3. The van der Waals surface area contributed by atoms with Gasteiger partial charge in [-0.2, -0.15) is 0 Å². The van der Waals surface area contributed by atoms with Crippen molar-refractivity contribution in [2.75, 3.05) is 0 Å². The van der Waals surface area contributed by atoms with Crippen LogP contribution in [0.5, 0.6) is 0 Å². The molecule has 1 aromatic rings. The van der Waals surface area contributed by atoms with Crippen LogP contribution in [-0.2, 0) is 4.79 Å². The molecular weight excluding hydrogens is 148 g/mol. The van der Waals surface area contributed by atoms with Crippen molar-refractivity contribution < 1.29 is 4.79 Å². The highest BCUT2D eigenvalue weighted by atomic mass is 16.1. The molecule has 1 aromatic carbocycles. The molecule has 1 nitrogen and oxygen atoms in total. The first kappa shape index (κ1) is 7.29. The average Bonchev–Trinajstić information content (AvgIpc) is 2.12. The van der Waals surface area contributed by atoms with E-state index in [1.54, 1.807) is 0 Å². The Kier molecular flexibility index (Phi) is 1.58. The number of benzene rings is 1. The van der Waals surface area contributed by atoms with E-state index in [1.807, 2.05) is 37.3 Å². The van der Waals surface area contributed by atoms with Gasteiger partial charge in [-0.25, -0.2) is 0 Å². The van der Waals surface area contributed by atoms with Crippen LogP contribution in [0.3, 0.4) is 0 Å². The van der Waals surface area contributed by atoms with Gasteiger partial charge in [-0.3, -0.25) is 4.79 Å². The minimum atomic E-state index is 0.244. The molecule has 0 aliphatic heterocycles. The minimum absolute atomic E-state index is 0.244. The summed E-state index contributed by atoms with van der Waals surface area (Å²) in [6.45, 7) is 1.90. The summed E-state index contributed by atoms with van der Waals surface area (Å²) in [5.41, 5.74) is 0.896. The molecule has 0 amide bonds. The van der Waals surface area contributed by atoms with Gasteiger partial charge in [0.1, 0.15) is 0 Å². The van der Waals surface area contributed by atoms with E-state index in [0.717, 1.165) is 10.8 Å². The fourth-order valence-electron chi connectivity index (χ4n) is 1.52. The second-order valence-corrected chi connectivity index (χ2v) is 3.04. The quantitative estimate of drug-likeness (QED) is 0.540. The molecule has 0 saturated carbocycles. The van der Waals surface area contributed by atoms with Gasteiger partial charge in [0.2, 0.25) is 0 Å². The maximum Gasteiger partial charge on any atom is 0.162 e. The van der Waals surface area contributed by atoms with Gasteiger partial charge < -0.3 is 0 Å². The maximum absolute atomic E-state index is 11.3. The molecule has 0 aromatic heterocycles. The van der Waals surface area contributed by atoms with E-state index in [9.17, 15) is 4.79 Å². The summed E-state index contributed by atoms with van der Waals surface area (Å²) in [6.07, 6.45) is 2.55. The van der Waals surface area contributed by atoms with E-state index in [0.29, 0.717) is 6.42 Å². The zero-order chi connectivity index (χ0) is 8.55. The maximum atomic E-state index is 11.3. The van der Waals surface area contributed by atoms with Crippen LogP contribution in [0.25, 0.3) is 11.6 Å². The average molecular weight is 158 g/mol. The highest BCUT2D eigenvalue weighted by Crippen LogP contribution is 2.00. The molecule has 0 atom stereocenters. The third-order valence-corrected chi connectivity index (χ3v) is 2.29. The fraction of sp³-hybridized carbons (Fsp3) is 0.182. The summed E-state index contributed by atoms with van der Waals surface area (Å²) in [5, 5.41) is 2.28. The van der Waals surface area contributed by atoms with Crippen molar-refractivity contribution in [1.82, 2.24) is 0 Å². The van der Waals surface area contributed by atoms with Crippen LogP contribution in [0, 0.1) is 0 Å². The Balaban J connectivity index is 2.92. The van der Waals surface area contributed by atoms with Crippen molar-refractivity contribution in [2.45, 2.75) is 13.3 Å². The summed E-state index contributed by atoms with van der Waals surface area (Å²) in [7, 11) is 0. The Labute approximate surface area is 71.0 Å². The van der Waals surface area contributed by atoms with Crippen LogP contribution in [0.4, 0.5) is 0 Å². The van der Waals surface area contributed by atoms with Gasteiger partial charge in [-0.15, -0.1) is 0 Å². The predicted octanol–water partition coefficient (Wildman–Crippen LogP) is 0.611. The molecule has 1 aliphatic carbocycles. The third kappa shape index (κ3) is 0.981. The molecule has 0 N–H and O–H groups in total. The molecule has 60 valence electrons. The number of rotatable bonds is 0. The Morgan fingerprint density at radius 3 is 2.83 bits per heavy atom. The van der Waals surface area contributed by atoms with Gasteiger partial charge in [0.05, 0.1) is 0 Å². The van der Waals surface area contributed by atoms with Crippen molar-refractivity contribution in [3.05, 3.63) is 34.7 Å². The molecule has 1 aliphatic rings. The van der Waals surface area contributed by atoms with Gasteiger partial charge in [0.15, 0.2) is 5.78 Å². The largest absolute Gasteiger partial charge is 0.294 e. The summed E-state index contributed by atoms with van der Waals surface area (Å²) < 4.78 is 0. The van der Waals surface area contributed by atoms with Gasteiger partial charge in [-0.1, -0.05) is 30.3 Å². The van der Waals surface area contributed by atoms with Crippen molar-refractivity contribution in [3.8, 4) is 0 Å². The van der Waals surface area contributed by atoms with Crippen molar-refractivity contribution in [1.29, 1.82) is 0 Å². The monoisotopic (exact) mass is 158 g/mol. The van der Waals surface area contributed by atoms with E-state index < -0.39 is 0 Å². The lowest BCUT2D eigenvalue weighted by molar-refractivity contribution is -0.113. The van der Waals surface area contributed by atoms with Crippen molar-refractivity contribution in [3.63, 3.8) is 0 Å². The lowest BCUT2D eigenvalue weighted by atomic mass is 10.00. The second-order valence-electron chi connectivity index (χ2n) is 3.04. The first-order chi connectivity index (χ1) is 5.79. The van der Waals surface area contributed by atoms with Crippen LogP contribution in [0.15, 0.2) is 24.3 Å². The molecule has 0 spiro atoms. The molecule has 12 heavy (non-hydrogen) atoms. The number of Topliss-reactive ketones (excluding diaryl/α,β-unsaturated/α-hetero) is 1. The lowest BCUT2D eigenvalue weighted by Crippen LogP contribution is -2.31. The second kappa shape index (κ2) is 2.59. The fourth-order valence-corrected chi connectivity index (χ4v) is 1.52. The van der Waals surface area contributed by atoms with Gasteiger partial charge >= 0.3 is 0 Å². The highest BCUT2D eigenvalue weighted by Gasteiger charge is 2.07. The van der Waals surface area contributed by atoms with Gasteiger partial charge in [0, 0.05) is 12.0 Å². The number of fused-ring (bicyclic) bond motifs is 1. The third-order valence-electron chi connectivity index (χ3n) is 2.29. The van der Waals surface area contributed by atoms with Gasteiger partial charge in [0.25, 0.3) is 0 Å². The number of carbonyl (C=O) groups is 1. The lowest BCUT2D eigenvalue weighted by Gasteiger charge is -2.03. The van der Waals surface area contributed by atoms with E-state index in [4.69, 9.17) is 0 Å². The molecule has 0 heterocycles. The zero-order valence-corrected chi connectivity index (χ0v) is 7.00. The number of carbonyl (C=O) groups excluding carboxylic acids is 1. The van der Waals surface area contributed by atoms with Crippen LogP contribution >= 0.6 is 0 Å². The number of hydrogen-bond donors (Lipinski definition) is 0. The van der Waals surface area contributed by atoms with Crippen LogP contribution < -0.4 is 10.4 Å². The first-order valence-electron chi connectivity index (χ1n) is 4.08. The Morgan fingerprint density at radius 1 is 1.25 bits per heavy atom. The summed E-state index contributed by atoms with van der Waals surface area (Å²) in [5.74, 6) is 0.244. The van der Waals surface area contributed by atoms with E-state index in [-0.39, 0.29) is 5.78 Å². The van der Waals surface area contributed by atoms with Crippen LogP contribution in [0.2, 0.25) is 0 Å². The number of hydrogen-bond acceptors (Lipinski definition) is 1. The molecule has 0 saturated heterocycles. The summed E-state index contributed by atoms with van der Waals surface area (Å²) in [6, 6.07) is 8.01. The topological polar surface area (TPSA) is 17.1 Å². The van der Waals surface area contributed by atoms with Crippen molar-refractivity contribution >= 4 is 17.4 Å². The zero-order valence-electron chi connectivity index (χ0n) is 7.00. The highest BCUT2D eigenvalue weighted by molar-refractivity contribution is 6.16. The molecule has 0 unspecified atom stereocenters. The Bertz CT molecular complexity index is 440. The molecule has 1 heteroatoms. The van der Waals surface area contributed by atoms with Gasteiger partial charge in [-0.05, 0) is 17.4 Å². The molecular formula is C11H10O. The molecule has 0 fully saturated rings.